The molecule has 0 spiro atoms. The zero-order valence-electron chi connectivity index (χ0n) is 14.3. The van der Waals surface area contributed by atoms with Crippen LogP contribution in [0.3, 0.4) is 0 Å². The molecule has 1 amide bonds. The largest absolute Gasteiger partial charge is 0.351 e. The fraction of sp³-hybridized carbons (Fsp3) is 0.353. The summed E-state index contributed by atoms with van der Waals surface area (Å²) in [6, 6.07) is 9.42. The van der Waals surface area contributed by atoms with Gasteiger partial charge in [-0.15, -0.1) is 11.3 Å². The minimum Gasteiger partial charge on any atom is -0.351 e. The predicted molar refractivity (Wildman–Crippen MR) is 96.3 cm³/mol. The molecule has 0 radical (unpaired) electrons. The monoisotopic (exact) mass is 384 g/mol. The van der Waals surface area contributed by atoms with Crippen LogP contribution in [0.2, 0.25) is 0 Å². The Hall–Kier alpha value is -1.77. The van der Waals surface area contributed by atoms with Gasteiger partial charge in [0.05, 0.1) is 6.54 Å². The Morgan fingerprint density at radius 1 is 1.28 bits per heavy atom. The van der Waals surface area contributed by atoms with Crippen molar-refractivity contribution in [1.82, 2.24) is 9.62 Å². The summed E-state index contributed by atoms with van der Waals surface area (Å²) in [5, 5.41) is 2.80. The number of nitrogens with zero attached hydrogens (tertiary/aromatic N) is 1. The maximum absolute atomic E-state index is 13.2. The molecule has 0 saturated heterocycles. The SMILES string of the molecule is CC(Cc1cccc(F)c1)C(=O)NCc1ccc(S(=O)(=O)N(C)C)s1. The lowest BCUT2D eigenvalue weighted by Gasteiger charge is -2.12. The van der Waals surface area contributed by atoms with Gasteiger partial charge >= 0.3 is 0 Å². The third-order valence-corrected chi connectivity index (χ3v) is 7.06. The minimum absolute atomic E-state index is 0.158. The van der Waals surface area contributed by atoms with Crippen LogP contribution in [-0.4, -0.2) is 32.7 Å². The molecule has 1 atom stereocenters. The molecule has 0 bridgehead atoms. The van der Waals surface area contributed by atoms with Crippen molar-refractivity contribution in [2.24, 2.45) is 5.92 Å². The number of thiophene rings is 1. The van der Waals surface area contributed by atoms with Gasteiger partial charge in [-0.1, -0.05) is 19.1 Å². The molecule has 0 aliphatic carbocycles. The van der Waals surface area contributed by atoms with Crippen LogP contribution in [0.25, 0.3) is 0 Å². The number of nitrogens with one attached hydrogen (secondary N) is 1. The van der Waals surface area contributed by atoms with Crippen molar-refractivity contribution in [3.8, 4) is 0 Å². The highest BCUT2D eigenvalue weighted by atomic mass is 32.2. The standard InChI is InChI=1S/C17H21FN2O3S2/c1-12(9-13-5-4-6-14(18)10-13)17(21)19-11-15-7-8-16(24-15)25(22,23)20(2)3/h4-8,10,12H,9,11H2,1-3H3,(H,19,21). The second-order valence-electron chi connectivity index (χ2n) is 5.96. The summed E-state index contributed by atoms with van der Waals surface area (Å²) in [5.41, 5.74) is 0.762. The number of hydrogen-bond donors (Lipinski definition) is 1. The van der Waals surface area contributed by atoms with E-state index in [0.29, 0.717) is 6.42 Å². The van der Waals surface area contributed by atoms with Crippen LogP contribution in [0.5, 0.6) is 0 Å². The van der Waals surface area contributed by atoms with Crippen LogP contribution in [0, 0.1) is 11.7 Å². The van der Waals surface area contributed by atoms with E-state index in [-0.39, 0.29) is 28.4 Å². The molecule has 0 fully saturated rings. The Labute approximate surface area is 151 Å². The van der Waals surface area contributed by atoms with Crippen LogP contribution in [0.1, 0.15) is 17.4 Å². The smallest absolute Gasteiger partial charge is 0.252 e. The van der Waals surface area contributed by atoms with Gasteiger partial charge in [-0.25, -0.2) is 17.1 Å². The third kappa shape index (κ3) is 5.10. The molecule has 8 heteroatoms. The van der Waals surface area contributed by atoms with Gasteiger partial charge in [-0.3, -0.25) is 4.79 Å². The maximum atomic E-state index is 13.2. The molecule has 2 aromatic rings. The zero-order valence-corrected chi connectivity index (χ0v) is 16.0. The van der Waals surface area contributed by atoms with Crippen LogP contribution in [0.4, 0.5) is 4.39 Å². The van der Waals surface area contributed by atoms with Gasteiger partial charge in [0.1, 0.15) is 10.0 Å². The van der Waals surface area contributed by atoms with Gasteiger partial charge in [-0.05, 0) is 36.2 Å². The van der Waals surface area contributed by atoms with Gasteiger partial charge in [0.25, 0.3) is 10.0 Å². The first-order valence-electron chi connectivity index (χ1n) is 7.73. The second-order valence-corrected chi connectivity index (χ2v) is 9.51. The van der Waals surface area contributed by atoms with Crippen LogP contribution < -0.4 is 5.32 Å². The number of rotatable bonds is 7. The molecular weight excluding hydrogens is 363 g/mol. The van der Waals surface area contributed by atoms with Crippen molar-refractivity contribution in [2.75, 3.05) is 14.1 Å². The molecule has 1 aromatic carbocycles. The van der Waals surface area contributed by atoms with E-state index >= 15 is 0 Å². The molecule has 0 aliphatic rings. The van der Waals surface area contributed by atoms with E-state index in [1.165, 1.54) is 32.3 Å². The highest BCUT2D eigenvalue weighted by molar-refractivity contribution is 7.91. The summed E-state index contributed by atoms with van der Waals surface area (Å²) >= 11 is 1.13. The summed E-state index contributed by atoms with van der Waals surface area (Å²) in [5.74, 6) is -0.792. The van der Waals surface area contributed by atoms with Crippen molar-refractivity contribution < 1.29 is 17.6 Å². The second kappa shape index (κ2) is 8.07. The minimum atomic E-state index is -3.45. The number of amides is 1. The summed E-state index contributed by atoms with van der Waals surface area (Å²) < 4.78 is 38.7. The van der Waals surface area contributed by atoms with Crippen LogP contribution >= 0.6 is 11.3 Å². The Kier molecular flexibility index (Phi) is 6.31. The topological polar surface area (TPSA) is 66.5 Å². The van der Waals surface area contributed by atoms with Gasteiger partial charge in [0.2, 0.25) is 5.91 Å². The average Bonchev–Trinajstić information content (AvgIpc) is 3.02. The van der Waals surface area contributed by atoms with Crippen molar-refractivity contribution >= 4 is 27.3 Å². The first kappa shape index (κ1) is 19.6. The normalized spacial score (nSPS) is 13.0. The molecule has 1 N–H and O–H groups in total. The van der Waals surface area contributed by atoms with E-state index in [2.05, 4.69) is 5.32 Å². The molecule has 2 rings (SSSR count). The van der Waals surface area contributed by atoms with Gasteiger partial charge in [0.15, 0.2) is 0 Å². The molecule has 25 heavy (non-hydrogen) atoms. The number of hydrogen-bond acceptors (Lipinski definition) is 4. The van der Waals surface area contributed by atoms with E-state index in [9.17, 15) is 17.6 Å². The van der Waals surface area contributed by atoms with Gasteiger partial charge in [-0.2, -0.15) is 0 Å². The average molecular weight is 384 g/mol. The summed E-state index contributed by atoms with van der Waals surface area (Å²) in [7, 11) is -0.499. The summed E-state index contributed by atoms with van der Waals surface area (Å²) in [6.07, 6.45) is 0.439. The summed E-state index contributed by atoms with van der Waals surface area (Å²) in [4.78, 5) is 12.9. The molecule has 136 valence electrons. The van der Waals surface area contributed by atoms with E-state index in [1.807, 2.05) is 0 Å². The Morgan fingerprint density at radius 2 is 2.00 bits per heavy atom. The lowest BCUT2D eigenvalue weighted by Crippen LogP contribution is -2.29. The van der Waals surface area contributed by atoms with Crippen molar-refractivity contribution in [1.29, 1.82) is 0 Å². The zero-order chi connectivity index (χ0) is 18.6. The van der Waals surface area contributed by atoms with E-state index in [1.54, 1.807) is 25.1 Å². The molecule has 5 nitrogen and oxygen atoms in total. The fourth-order valence-electron chi connectivity index (χ4n) is 2.23. The first-order valence-corrected chi connectivity index (χ1v) is 9.99. The van der Waals surface area contributed by atoms with E-state index in [4.69, 9.17) is 0 Å². The number of benzene rings is 1. The number of carbonyl (C=O) groups is 1. The lowest BCUT2D eigenvalue weighted by atomic mass is 10.0. The molecular formula is C17H21FN2O3S2. The quantitative estimate of drug-likeness (QED) is 0.798. The van der Waals surface area contributed by atoms with Crippen molar-refractivity contribution in [3.63, 3.8) is 0 Å². The number of sulfonamides is 1. The van der Waals surface area contributed by atoms with Crippen molar-refractivity contribution in [2.45, 2.75) is 24.1 Å². The highest BCUT2D eigenvalue weighted by Crippen LogP contribution is 2.23. The molecule has 1 heterocycles. The molecule has 1 unspecified atom stereocenters. The van der Waals surface area contributed by atoms with Crippen molar-refractivity contribution in [3.05, 3.63) is 52.7 Å². The molecule has 1 aromatic heterocycles. The number of halogens is 1. The Balaban J connectivity index is 1.93. The van der Waals surface area contributed by atoms with Gasteiger partial charge < -0.3 is 5.32 Å². The summed E-state index contributed by atoms with van der Waals surface area (Å²) in [6.45, 7) is 2.04. The number of carbonyl (C=O) groups excluding carboxylic acids is 1. The Bertz CT molecular complexity index is 847. The van der Waals surface area contributed by atoms with Crippen LogP contribution in [0.15, 0.2) is 40.6 Å². The third-order valence-electron chi connectivity index (χ3n) is 3.69. The molecule has 0 aliphatic heterocycles. The highest BCUT2D eigenvalue weighted by Gasteiger charge is 2.20. The van der Waals surface area contributed by atoms with Crippen LogP contribution in [-0.2, 0) is 27.8 Å². The van der Waals surface area contributed by atoms with Gasteiger partial charge in [0, 0.05) is 24.9 Å². The Morgan fingerprint density at radius 3 is 2.64 bits per heavy atom. The van der Waals surface area contributed by atoms with E-state index in [0.717, 1.165) is 26.1 Å². The molecule has 0 saturated carbocycles. The maximum Gasteiger partial charge on any atom is 0.252 e. The fourth-order valence-corrected chi connectivity index (χ4v) is 4.69. The first-order chi connectivity index (χ1) is 11.7. The lowest BCUT2D eigenvalue weighted by molar-refractivity contribution is -0.124. The van der Waals surface area contributed by atoms with E-state index < -0.39 is 10.0 Å². The predicted octanol–water partition coefficient (Wildman–Crippen LogP) is 2.63.